The van der Waals surface area contributed by atoms with E-state index >= 15 is 0 Å². The number of hydrogen-bond donors (Lipinski definition) is 1. The van der Waals surface area contributed by atoms with E-state index in [1.807, 2.05) is 23.1 Å². The van der Waals surface area contributed by atoms with Crippen LogP contribution in [0.25, 0.3) is 11.5 Å². The Balaban J connectivity index is 1.44. The zero-order valence-electron chi connectivity index (χ0n) is 14.0. The van der Waals surface area contributed by atoms with Crippen LogP contribution >= 0.6 is 0 Å². The summed E-state index contributed by atoms with van der Waals surface area (Å²) in [6.45, 7) is 1.33. The molecule has 0 spiro atoms. The first-order valence-electron chi connectivity index (χ1n) is 8.38. The fraction of sp³-hybridized carbons (Fsp3) is 0.211. The van der Waals surface area contributed by atoms with Gasteiger partial charge >= 0.3 is 0 Å². The fourth-order valence-electron chi connectivity index (χ4n) is 2.95. The summed E-state index contributed by atoms with van der Waals surface area (Å²) in [6, 6.07) is 12.4. The number of rotatable bonds is 5. The van der Waals surface area contributed by atoms with Gasteiger partial charge in [-0.15, -0.1) is 0 Å². The van der Waals surface area contributed by atoms with Crippen molar-refractivity contribution in [1.82, 2.24) is 10.1 Å². The Kier molecular flexibility index (Phi) is 4.27. The molecular weight excluding hydrogens is 334 g/mol. The molecule has 1 saturated heterocycles. The summed E-state index contributed by atoms with van der Waals surface area (Å²) in [6.07, 6.45) is 3.04. The molecule has 0 unspecified atom stereocenters. The molecule has 1 N–H and O–H groups in total. The minimum absolute atomic E-state index is 0.163. The Bertz CT molecular complexity index is 930. The minimum atomic E-state index is -0.374. The number of benzene rings is 1. The monoisotopic (exact) mass is 351 g/mol. The number of carbonyl (C=O) groups excluding carboxylic acids is 2. The van der Waals surface area contributed by atoms with Crippen molar-refractivity contribution in [2.45, 2.75) is 19.4 Å². The lowest BCUT2D eigenvalue weighted by Gasteiger charge is -2.16. The number of likely N-dealkylation sites (tertiary alicyclic amines) is 1. The van der Waals surface area contributed by atoms with Gasteiger partial charge < -0.3 is 19.2 Å². The van der Waals surface area contributed by atoms with Crippen molar-refractivity contribution in [3.63, 3.8) is 0 Å². The topological polar surface area (TPSA) is 88.6 Å². The summed E-state index contributed by atoms with van der Waals surface area (Å²) in [7, 11) is 0. The number of nitrogens with one attached hydrogen (secondary N) is 1. The zero-order chi connectivity index (χ0) is 17.9. The first-order chi connectivity index (χ1) is 12.7. The summed E-state index contributed by atoms with van der Waals surface area (Å²) in [4.78, 5) is 26.0. The molecule has 0 aliphatic carbocycles. The molecule has 0 atom stereocenters. The number of nitrogens with zero attached hydrogens (tertiary/aromatic N) is 2. The highest BCUT2D eigenvalue weighted by atomic mass is 16.5. The lowest BCUT2D eigenvalue weighted by Crippen LogP contribution is -2.23. The predicted octanol–water partition coefficient (Wildman–Crippen LogP) is 3.31. The van der Waals surface area contributed by atoms with Gasteiger partial charge in [0.05, 0.1) is 6.26 Å². The maximum absolute atomic E-state index is 12.4. The van der Waals surface area contributed by atoms with Gasteiger partial charge in [0.1, 0.15) is 0 Å². The number of aromatic nitrogens is 1. The van der Waals surface area contributed by atoms with Gasteiger partial charge in [-0.1, -0.05) is 17.3 Å². The van der Waals surface area contributed by atoms with Gasteiger partial charge in [0.15, 0.2) is 11.5 Å². The molecule has 3 aromatic rings. The molecule has 1 aromatic carbocycles. The fourth-order valence-corrected chi connectivity index (χ4v) is 2.95. The van der Waals surface area contributed by atoms with E-state index in [2.05, 4.69) is 10.5 Å². The molecule has 1 aliphatic rings. The number of carbonyl (C=O) groups is 2. The SMILES string of the molecule is O=C(Nc1cccc(CN2CCCC2=O)c1)c1cc(-c2ccco2)on1. The molecule has 0 bridgehead atoms. The first-order valence-corrected chi connectivity index (χ1v) is 8.38. The Labute approximate surface area is 149 Å². The Morgan fingerprint density at radius 2 is 2.12 bits per heavy atom. The third-order valence-electron chi connectivity index (χ3n) is 4.24. The molecular formula is C19H17N3O4. The van der Waals surface area contributed by atoms with Crippen molar-refractivity contribution in [3.8, 4) is 11.5 Å². The molecule has 26 heavy (non-hydrogen) atoms. The maximum atomic E-state index is 12.4. The van der Waals surface area contributed by atoms with Gasteiger partial charge in [-0.3, -0.25) is 9.59 Å². The van der Waals surface area contributed by atoms with Gasteiger partial charge in [-0.25, -0.2) is 0 Å². The Morgan fingerprint density at radius 3 is 2.88 bits per heavy atom. The van der Waals surface area contributed by atoms with Gasteiger partial charge in [0.25, 0.3) is 5.91 Å². The van der Waals surface area contributed by atoms with E-state index < -0.39 is 0 Å². The van der Waals surface area contributed by atoms with E-state index in [-0.39, 0.29) is 17.5 Å². The number of furan rings is 1. The van der Waals surface area contributed by atoms with Crippen LogP contribution in [0.2, 0.25) is 0 Å². The van der Waals surface area contributed by atoms with Gasteiger partial charge in [-0.2, -0.15) is 0 Å². The second-order valence-corrected chi connectivity index (χ2v) is 6.13. The summed E-state index contributed by atoms with van der Waals surface area (Å²) >= 11 is 0. The lowest BCUT2D eigenvalue weighted by atomic mass is 10.2. The molecule has 1 aliphatic heterocycles. The normalized spacial score (nSPS) is 14.0. The van der Waals surface area contributed by atoms with E-state index in [1.165, 1.54) is 12.3 Å². The average Bonchev–Trinajstić information content (AvgIpc) is 3.37. The molecule has 2 aromatic heterocycles. The highest BCUT2D eigenvalue weighted by Crippen LogP contribution is 2.22. The lowest BCUT2D eigenvalue weighted by molar-refractivity contribution is -0.128. The van der Waals surface area contributed by atoms with E-state index in [4.69, 9.17) is 8.94 Å². The van der Waals surface area contributed by atoms with Gasteiger partial charge in [0.2, 0.25) is 11.7 Å². The maximum Gasteiger partial charge on any atom is 0.277 e. The quantitative estimate of drug-likeness (QED) is 0.762. The number of amides is 2. The molecule has 4 rings (SSSR count). The average molecular weight is 351 g/mol. The third-order valence-corrected chi connectivity index (χ3v) is 4.24. The summed E-state index contributed by atoms with van der Waals surface area (Å²) in [5.41, 5.74) is 1.77. The third kappa shape index (κ3) is 3.37. The van der Waals surface area contributed by atoms with Crippen LogP contribution in [0.4, 0.5) is 5.69 Å². The predicted molar refractivity (Wildman–Crippen MR) is 93.3 cm³/mol. The van der Waals surface area contributed by atoms with Crippen molar-refractivity contribution in [3.05, 3.63) is 60.0 Å². The second-order valence-electron chi connectivity index (χ2n) is 6.13. The standard InChI is InChI=1S/C19H17N3O4/c23-18-7-2-8-22(18)12-13-4-1-5-14(10-13)20-19(24)15-11-17(26-21-15)16-6-3-9-25-16/h1,3-6,9-11H,2,7-8,12H2,(H,20,24). The zero-order valence-corrected chi connectivity index (χ0v) is 14.0. The van der Waals surface area contributed by atoms with E-state index in [0.29, 0.717) is 30.2 Å². The summed E-state index contributed by atoms with van der Waals surface area (Å²) < 4.78 is 10.4. The molecule has 132 valence electrons. The van der Waals surface area contributed by atoms with E-state index in [0.717, 1.165) is 18.5 Å². The van der Waals surface area contributed by atoms with Crippen LogP contribution in [-0.4, -0.2) is 28.4 Å². The van der Waals surface area contributed by atoms with Crippen LogP contribution in [0.5, 0.6) is 0 Å². The van der Waals surface area contributed by atoms with Crippen LogP contribution in [0, 0.1) is 0 Å². The number of hydrogen-bond acceptors (Lipinski definition) is 5. The highest BCUT2D eigenvalue weighted by Gasteiger charge is 2.20. The second kappa shape index (κ2) is 6.87. The van der Waals surface area contributed by atoms with Gasteiger partial charge in [-0.05, 0) is 36.2 Å². The highest BCUT2D eigenvalue weighted by molar-refractivity contribution is 6.03. The molecule has 7 nitrogen and oxygen atoms in total. The van der Waals surface area contributed by atoms with Gasteiger partial charge in [0, 0.05) is 31.3 Å². The minimum Gasteiger partial charge on any atom is -0.461 e. The smallest absolute Gasteiger partial charge is 0.277 e. The molecule has 0 saturated carbocycles. The molecule has 0 radical (unpaired) electrons. The first kappa shape index (κ1) is 16.1. The van der Waals surface area contributed by atoms with Crippen LogP contribution in [0.3, 0.4) is 0 Å². The number of anilines is 1. The van der Waals surface area contributed by atoms with Crippen molar-refractivity contribution < 1.29 is 18.5 Å². The summed E-state index contributed by atoms with van der Waals surface area (Å²) in [5.74, 6) is 0.698. The molecule has 3 heterocycles. The van der Waals surface area contributed by atoms with E-state index in [1.54, 1.807) is 18.2 Å². The molecule has 7 heteroatoms. The van der Waals surface area contributed by atoms with E-state index in [9.17, 15) is 9.59 Å². The Morgan fingerprint density at radius 1 is 1.19 bits per heavy atom. The Hall–Kier alpha value is -3.35. The van der Waals surface area contributed by atoms with Crippen molar-refractivity contribution in [2.75, 3.05) is 11.9 Å². The molecule has 1 fully saturated rings. The molecule has 2 amide bonds. The van der Waals surface area contributed by atoms with Crippen LogP contribution in [-0.2, 0) is 11.3 Å². The van der Waals surface area contributed by atoms with Crippen molar-refractivity contribution in [1.29, 1.82) is 0 Å². The van der Waals surface area contributed by atoms with Crippen LogP contribution in [0.15, 0.2) is 57.7 Å². The van der Waals surface area contributed by atoms with Crippen LogP contribution in [0.1, 0.15) is 28.9 Å². The largest absolute Gasteiger partial charge is 0.461 e. The van der Waals surface area contributed by atoms with Crippen molar-refractivity contribution in [2.24, 2.45) is 0 Å². The van der Waals surface area contributed by atoms with Crippen molar-refractivity contribution >= 4 is 17.5 Å². The summed E-state index contributed by atoms with van der Waals surface area (Å²) in [5, 5.41) is 6.58. The van der Waals surface area contributed by atoms with Crippen LogP contribution < -0.4 is 5.32 Å².